The Labute approximate surface area is 716 Å². The van der Waals surface area contributed by atoms with Crippen molar-refractivity contribution in [1.82, 2.24) is 9.13 Å². The van der Waals surface area contributed by atoms with Crippen LogP contribution >= 0.6 is 0 Å². The van der Waals surface area contributed by atoms with Crippen molar-refractivity contribution in [3.05, 3.63) is 306 Å². The largest absolute Gasteiger partial charge is 0.310 e. The molecule has 0 aliphatic carbocycles. The molecule has 2 aliphatic heterocycles. The lowest BCUT2D eigenvalue weighted by Gasteiger charge is -2.46. The number of benzene rings is 13. The maximum Gasteiger partial charge on any atom is 0.252 e. The number of fused-ring (bicyclic) bond motifs is 10. The van der Waals surface area contributed by atoms with Crippen molar-refractivity contribution in [2.24, 2.45) is 37.9 Å². The van der Waals surface area contributed by atoms with Crippen molar-refractivity contribution < 1.29 is 11.0 Å². The van der Waals surface area contributed by atoms with E-state index in [9.17, 15) is 11.0 Å². The van der Waals surface area contributed by atoms with Crippen molar-refractivity contribution in [2.45, 2.75) is 190 Å². The first-order valence-electron chi connectivity index (χ1n) is 46.7. The Morgan fingerprint density at radius 2 is 0.500 bits per heavy atom. The molecule has 15 aromatic rings. The highest BCUT2D eigenvalue weighted by molar-refractivity contribution is 7.00. The molecule has 4 nitrogen and oxygen atoms in total. The summed E-state index contributed by atoms with van der Waals surface area (Å²) >= 11 is 0. The van der Waals surface area contributed by atoms with Crippen LogP contribution in [0.15, 0.2) is 267 Å². The molecule has 0 fully saturated rings. The molecule has 17 rings (SSSR count). The molecule has 2 aromatic heterocycles. The van der Waals surface area contributed by atoms with Crippen molar-refractivity contribution in [3.63, 3.8) is 0 Å². The van der Waals surface area contributed by atoms with Gasteiger partial charge in [-0.1, -0.05) is 303 Å². The molecule has 4 heterocycles. The predicted molar refractivity (Wildman–Crippen MR) is 513 cm³/mol. The van der Waals surface area contributed by atoms with Gasteiger partial charge in [0.15, 0.2) is 0 Å². The molecular formula is C113H121BN4. The average Bonchev–Trinajstić information content (AvgIpc) is 0.758. The van der Waals surface area contributed by atoms with Crippen LogP contribution < -0.4 is 26.2 Å². The van der Waals surface area contributed by atoms with Crippen LogP contribution in [-0.2, 0) is 44.8 Å². The number of hydrogen-bond acceptors (Lipinski definition) is 2. The SMILES string of the molecule is [2H]C([2H])(c1ccc2c(c1)c1cc(C([2H])([2H])C(C)(C)C)ccc1n2-c1ccc2c(c1)N(c1c(-c3ccccc3)cc(CC(C)(C)C)cc1-c1ccccc1)c1cc(CC(C)(C)C)cc3c1B2c1ccc(-n2c4ccc(C([2H])([2H])C(C)(C)C)cc4c4cc(C([2H])([2H])C(C)(C)C)ccc42)cc1N3c1c(-c2ccccc2)cc(CC(C)(C)C)cc1-c1ccccc1)C(C)(C)C. The summed E-state index contributed by atoms with van der Waals surface area (Å²) in [7, 11) is 0. The van der Waals surface area contributed by atoms with Gasteiger partial charge < -0.3 is 18.9 Å². The molecular weight excluding hydrogens is 1420 g/mol. The first-order valence-corrected chi connectivity index (χ1v) is 42.7. The first kappa shape index (κ1) is 70.2. The van der Waals surface area contributed by atoms with E-state index in [1.54, 1.807) is 0 Å². The minimum atomic E-state index is -1.74. The van der Waals surface area contributed by atoms with Crippen LogP contribution in [0, 0.1) is 37.9 Å². The molecule has 0 amide bonds. The second kappa shape index (κ2) is 29.6. The highest BCUT2D eigenvalue weighted by Crippen LogP contribution is 2.56. The van der Waals surface area contributed by atoms with E-state index in [0.717, 1.165) is 168 Å². The van der Waals surface area contributed by atoms with Crippen LogP contribution in [0.25, 0.3) is 99.5 Å². The molecule has 0 spiro atoms. The maximum atomic E-state index is 9.81. The highest BCUT2D eigenvalue weighted by atomic mass is 15.2. The summed E-state index contributed by atoms with van der Waals surface area (Å²) in [6.07, 6.45) is -4.63. The highest BCUT2D eigenvalue weighted by Gasteiger charge is 2.47. The molecule has 0 unspecified atom stereocenters. The van der Waals surface area contributed by atoms with Gasteiger partial charge in [0.25, 0.3) is 6.71 Å². The lowest BCUT2D eigenvalue weighted by atomic mass is 9.33. The van der Waals surface area contributed by atoms with Crippen LogP contribution in [-0.4, -0.2) is 15.8 Å². The lowest BCUT2D eigenvalue weighted by molar-refractivity contribution is 0.411. The van der Waals surface area contributed by atoms with Gasteiger partial charge in [-0.3, -0.25) is 0 Å². The summed E-state index contributed by atoms with van der Waals surface area (Å²) in [5, 5.41) is 3.33. The summed E-state index contributed by atoms with van der Waals surface area (Å²) in [6.45, 7) is 44.0. The maximum absolute atomic E-state index is 9.81. The van der Waals surface area contributed by atoms with Crippen LogP contribution in [0.4, 0.5) is 34.1 Å². The van der Waals surface area contributed by atoms with Gasteiger partial charge in [-0.2, -0.15) is 0 Å². The molecule has 0 saturated carbocycles. The number of hydrogen-bond donors (Lipinski definition) is 0. The second-order valence-corrected chi connectivity index (χ2v) is 41.5. The Hall–Kier alpha value is -10.9. The van der Waals surface area contributed by atoms with Crippen molar-refractivity contribution >= 4 is 101 Å². The van der Waals surface area contributed by atoms with Gasteiger partial charge in [0.05, 0.1) is 33.4 Å². The molecule has 0 N–H and O–H groups in total. The van der Waals surface area contributed by atoms with E-state index in [1.165, 1.54) is 11.1 Å². The van der Waals surface area contributed by atoms with Crippen LogP contribution in [0.2, 0.25) is 0 Å². The molecule has 13 aromatic carbocycles. The summed E-state index contributed by atoms with van der Waals surface area (Å²) in [5.41, 5.74) is 25.6. The Balaban J connectivity index is 1.07. The Kier molecular flexibility index (Phi) is 17.6. The number of aromatic nitrogens is 2. The van der Waals surface area contributed by atoms with Crippen molar-refractivity contribution in [2.75, 3.05) is 9.80 Å². The standard InChI is InChI=1S/C113H121BN4/c1-107(2,3)66-73-42-50-96-90(54-73)91-55-74(67-108(4,5)6)43-51-97(91)115(96)84-46-48-94-100(64-84)117(105-86(80-34-26-22-27-35-80)58-77(70-111(13,14)15)59-87(105)81-36-28-23-29-37-81)102-62-79(72-113(19,20)21)63-103-104(102)114(94)95-49-47-85(116-98-52-44-75(68-109(7,8)9)56-92(98)93-57-76(45-53-99(93)116)69-110(10,11)12)65-101(95)118(103)106-88(82-38-30-24-31-39-82)60-78(71-112(16,17)18)61-89(106)83-40-32-25-33-41-83/h22-65H,66-72H2,1-21H3/i66D2,67D2,68D2,69D2. The molecule has 0 saturated heterocycles. The van der Waals surface area contributed by atoms with E-state index < -0.39 is 53.9 Å². The zero-order valence-corrected chi connectivity index (χ0v) is 73.4. The van der Waals surface area contributed by atoms with E-state index in [1.807, 2.05) is 132 Å². The smallest absolute Gasteiger partial charge is 0.252 e. The third-order valence-corrected chi connectivity index (χ3v) is 22.6. The lowest BCUT2D eigenvalue weighted by Crippen LogP contribution is -2.61. The van der Waals surface area contributed by atoms with E-state index in [-0.39, 0.29) is 16.2 Å². The van der Waals surface area contributed by atoms with Crippen molar-refractivity contribution in [3.8, 4) is 55.9 Å². The Bertz CT molecular complexity index is 6100. The van der Waals surface area contributed by atoms with E-state index in [4.69, 9.17) is 0 Å². The Morgan fingerprint density at radius 1 is 0.246 bits per heavy atom. The summed E-state index contributed by atoms with van der Waals surface area (Å²) in [5.74, 6) is 0. The minimum Gasteiger partial charge on any atom is -0.310 e. The number of anilines is 6. The number of rotatable bonds is 15. The normalized spacial score (nSPS) is 15.0. The van der Waals surface area contributed by atoms with Gasteiger partial charge in [-0.15, -0.1) is 0 Å². The van der Waals surface area contributed by atoms with E-state index >= 15 is 0 Å². The van der Waals surface area contributed by atoms with Crippen molar-refractivity contribution in [1.29, 1.82) is 0 Å². The third kappa shape index (κ3) is 16.1. The molecule has 596 valence electrons. The molecule has 5 heteroatoms. The molecule has 118 heavy (non-hydrogen) atoms. The van der Waals surface area contributed by atoms with Gasteiger partial charge in [-0.25, -0.2) is 0 Å². The molecule has 0 atom stereocenters. The first-order chi connectivity index (χ1) is 58.9. The van der Waals surface area contributed by atoms with E-state index in [0.29, 0.717) is 28.7 Å². The summed E-state index contributed by atoms with van der Waals surface area (Å²) < 4.78 is 83.2. The topological polar surface area (TPSA) is 16.3 Å². The second-order valence-electron chi connectivity index (χ2n) is 41.5. The predicted octanol–water partition coefficient (Wildman–Crippen LogP) is 29.8. The molecule has 0 bridgehead atoms. The third-order valence-electron chi connectivity index (χ3n) is 22.6. The quantitative estimate of drug-likeness (QED) is 0.0951. The van der Waals surface area contributed by atoms with Crippen LogP contribution in [0.3, 0.4) is 0 Å². The van der Waals surface area contributed by atoms with Crippen LogP contribution in [0.5, 0.6) is 0 Å². The van der Waals surface area contributed by atoms with Gasteiger partial charge in [0, 0.05) is 88.9 Å². The van der Waals surface area contributed by atoms with Gasteiger partial charge in [0.1, 0.15) is 0 Å². The van der Waals surface area contributed by atoms with Gasteiger partial charge >= 0.3 is 0 Å². The fourth-order valence-electron chi connectivity index (χ4n) is 18.8. The van der Waals surface area contributed by atoms with E-state index in [2.05, 4.69) is 300 Å². The summed E-state index contributed by atoms with van der Waals surface area (Å²) in [6, 6.07) is 97.4. The van der Waals surface area contributed by atoms with Crippen LogP contribution in [0.1, 0.15) is 195 Å². The van der Waals surface area contributed by atoms with Gasteiger partial charge in [-0.05, 0) is 269 Å². The molecule has 0 radical (unpaired) electrons. The Morgan fingerprint density at radius 3 is 0.746 bits per heavy atom. The van der Waals surface area contributed by atoms with Gasteiger partial charge in [0.2, 0.25) is 0 Å². The number of nitrogens with zero attached hydrogens (tertiary/aromatic N) is 4. The zero-order valence-electron chi connectivity index (χ0n) is 81.4. The average molecular weight is 1550 g/mol. The fourth-order valence-corrected chi connectivity index (χ4v) is 18.8. The molecule has 2 aliphatic rings. The fraction of sp³-hybridized carbons (Fsp3) is 0.310. The summed E-state index contributed by atoms with van der Waals surface area (Å²) in [4.78, 5) is 5.30. The monoisotopic (exact) mass is 1550 g/mol. The zero-order chi connectivity index (χ0) is 90.3. The minimum absolute atomic E-state index is 0.0841.